The van der Waals surface area contributed by atoms with E-state index in [1.165, 1.54) is 10.8 Å². The minimum absolute atomic E-state index is 0.561. The Hall–Kier alpha value is -9.39. The van der Waals surface area contributed by atoms with Crippen LogP contribution >= 0.6 is 0 Å². The monoisotopic (exact) mass is 882 g/mol. The molecule has 6 nitrogen and oxygen atoms in total. The number of hydrogen-bond acceptors (Lipinski definition) is 5. The van der Waals surface area contributed by atoms with Crippen LogP contribution in [0.4, 0.5) is 0 Å². The highest BCUT2D eigenvalue weighted by Gasteiger charge is 2.21. The van der Waals surface area contributed by atoms with E-state index in [4.69, 9.17) is 23.8 Å². The summed E-state index contributed by atoms with van der Waals surface area (Å²) in [6, 6.07) is 80.3. The number of fused-ring (bicyclic) bond motifs is 9. The van der Waals surface area contributed by atoms with Crippen LogP contribution in [0, 0.1) is 0 Å². The maximum Gasteiger partial charge on any atom is 0.164 e. The molecule has 69 heavy (non-hydrogen) atoms. The lowest BCUT2D eigenvalue weighted by Crippen LogP contribution is -2.00. The largest absolute Gasteiger partial charge is 0.456 e. The average Bonchev–Trinajstić information content (AvgIpc) is 4.10. The Kier molecular flexibility index (Phi) is 8.79. The standard InChI is InChI=1S/C63H38N4O2/c1-3-15-39(16-4-1)41-19-11-21-44(35-41)61-64-62(45-22-12-20-42(36-45)40-17-5-2-6-18-40)66-63(65-61)51-26-14-30-57-60(51)52-37-43(31-34-55(52)68-57)47-25-13-29-56-59(47)50-33-32-46(38-58(50)69-56)67-53-27-9-7-23-48(53)49-24-8-10-28-54(49)67/h1-38H. The highest BCUT2D eigenvalue weighted by atomic mass is 16.3. The molecule has 0 bridgehead atoms. The fourth-order valence-corrected chi connectivity index (χ4v) is 10.3. The van der Waals surface area contributed by atoms with E-state index < -0.39 is 0 Å². The summed E-state index contributed by atoms with van der Waals surface area (Å²) in [4.78, 5) is 15.8. The number of nitrogens with zero attached hydrogens (tertiary/aromatic N) is 4. The summed E-state index contributed by atoms with van der Waals surface area (Å²) in [5.74, 6) is 1.73. The molecule has 0 aliphatic heterocycles. The second-order valence-electron chi connectivity index (χ2n) is 17.5. The molecule has 0 atom stereocenters. The van der Waals surface area contributed by atoms with Crippen LogP contribution in [-0.2, 0) is 0 Å². The summed E-state index contributed by atoms with van der Waals surface area (Å²) in [6.07, 6.45) is 0. The molecule has 10 aromatic carbocycles. The van der Waals surface area contributed by atoms with Crippen molar-refractivity contribution < 1.29 is 8.83 Å². The summed E-state index contributed by atoms with van der Waals surface area (Å²) < 4.78 is 15.7. The van der Waals surface area contributed by atoms with Crippen molar-refractivity contribution >= 4 is 65.7 Å². The van der Waals surface area contributed by atoms with Crippen LogP contribution in [-0.4, -0.2) is 19.5 Å². The zero-order chi connectivity index (χ0) is 45.4. The molecule has 0 aliphatic rings. The van der Waals surface area contributed by atoms with Crippen LogP contribution in [0.1, 0.15) is 0 Å². The first-order valence-electron chi connectivity index (χ1n) is 23.2. The van der Waals surface area contributed by atoms with E-state index >= 15 is 0 Å². The van der Waals surface area contributed by atoms with Crippen molar-refractivity contribution in [3.63, 3.8) is 0 Å². The molecular formula is C63H38N4O2. The Labute approximate surface area is 396 Å². The van der Waals surface area contributed by atoms with Crippen molar-refractivity contribution in [1.29, 1.82) is 0 Å². The predicted octanol–water partition coefficient (Wildman–Crippen LogP) is 16.8. The minimum Gasteiger partial charge on any atom is -0.456 e. The van der Waals surface area contributed by atoms with Gasteiger partial charge >= 0.3 is 0 Å². The Morgan fingerprint density at radius 3 is 1.42 bits per heavy atom. The van der Waals surface area contributed by atoms with Crippen LogP contribution in [0.5, 0.6) is 0 Å². The van der Waals surface area contributed by atoms with Gasteiger partial charge in [0.15, 0.2) is 17.5 Å². The summed E-state index contributed by atoms with van der Waals surface area (Å²) >= 11 is 0. The lowest BCUT2D eigenvalue weighted by Gasteiger charge is -2.11. The first-order chi connectivity index (χ1) is 34.2. The molecule has 0 spiro atoms. The Bertz CT molecular complexity index is 4160. The van der Waals surface area contributed by atoms with Crippen LogP contribution in [0.15, 0.2) is 239 Å². The molecule has 0 N–H and O–H groups in total. The molecule has 0 unspecified atom stereocenters. The van der Waals surface area contributed by atoms with Gasteiger partial charge in [-0.3, -0.25) is 0 Å². The Morgan fingerprint density at radius 1 is 0.275 bits per heavy atom. The smallest absolute Gasteiger partial charge is 0.164 e. The van der Waals surface area contributed by atoms with Crippen molar-refractivity contribution in [2.75, 3.05) is 0 Å². The maximum atomic E-state index is 6.70. The molecule has 14 aromatic rings. The van der Waals surface area contributed by atoms with Gasteiger partial charge in [0, 0.05) is 60.8 Å². The molecule has 0 fully saturated rings. The second-order valence-corrected chi connectivity index (χ2v) is 17.5. The van der Waals surface area contributed by atoms with Gasteiger partial charge in [0.1, 0.15) is 22.3 Å². The molecular weight excluding hydrogens is 845 g/mol. The second kappa shape index (κ2) is 15.6. The van der Waals surface area contributed by atoms with Crippen LogP contribution in [0.2, 0.25) is 0 Å². The van der Waals surface area contributed by atoms with Crippen molar-refractivity contribution in [3.8, 4) is 73.2 Å². The number of rotatable bonds is 7. The third-order valence-corrected chi connectivity index (χ3v) is 13.5. The predicted molar refractivity (Wildman–Crippen MR) is 281 cm³/mol. The van der Waals surface area contributed by atoms with E-state index in [2.05, 4.69) is 211 Å². The molecule has 0 amide bonds. The Morgan fingerprint density at radius 2 is 0.783 bits per heavy atom. The number of aromatic nitrogens is 4. The van der Waals surface area contributed by atoms with Gasteiger partial charge in [-0.2, -0.15) is 0 Å². The first kappa shape index (κ1) is 38.8. The van der Waals surface area contributed by atoms with E-state index in [0.717, 1.165) is 111 Å². The summed E-state index contributed by atoms with van der Waals surface area (Å²) in [6.45, 7) is 0. The normalized spacial score (nSPS) is 11.8. The van der Waals surface area contributed by atoms with E-state index in [9.17, 15) is 0 Å². The van der Waals surface area contributed by atoms with Crippen molar-refractivity contribution in [2.45, 2.75) is 0 Å². The van der Waals surface area contributed by atoms with Gasteiger partial charge in [0.25, 0.3) is 0 Å². The zero-order valence-corrected chi connectivity index (χ0v) is 37.0. The molecule has 6 heteroatoms. The molecule has 14 rings (SSSR count). The fraction of sp³-hybridized carbons (Fsp3) is 0. The van der Waals surface area contributed by atoms with Crippen LogP contribution in [0.25, 0.3) is 139 Å². The quantitative estimate of drug-likeness (QED) is 0.159. The molecule has 322 valence electrons. The van der Waals surface area contributed by atoms with Gasteiger partial charge in [0.2, 0.25) is 0 Å². The third kappa shape index (κ3) is 6.45. The highest BCUT2D eigenvalue weighted by molar-refractivity contribution is 6.16. The third-order valence-electron chi connectivity index (χ3n) is 13.5. The summed E-state index contributed by atoms with van der Waals surface area (Å²) in [5, 5.41) is 6.48. The zero-order valence-electron chi connectivity index (χ0n) is 37.0. The van der Waals surface area contributed by atoms with E-state index in [1.54, 1.807) is 0 Å². The summed E-state index contributed by atoms with van der Waals surface area (Å²) in [5.41, 5.74) is 15.8. The Balaban J connectivity index is 0.927. The van der Waals surface area contributed by atoms with Crippen molar-refractivity contribution in [3.05, 3.63) is 231 Å². The minimum atomic E-state index is 0.561. The molecule has 0 saturated heterocycles. The van der Waals surface area contributed by atoms with Gasteiger partial charge in [-0.1, -0.05) is 164 Å². The lowest BCUT2D eigenvalue weighted by molar-refractivity contribution is 0.668. The van der Waals surface area contributed by atoms with Gasteiger partial charge in [-0.15, -0.1) is 0 Å². The first-order valence-corrected chi connectivity index (χ1v) is 23.2. The van der Waals surface area contributed by atoms with Crippen molar-refractivity contribution in [1.82, 2.24) is 19.5 Å². The van der Waals surface area contributed by atoms with Gasteiger partial charge in [0.05, 0.1) is 11.0 Å². The molecule has 0 saturated carbocycles. The fourth-order valence-electron chi connectivity index (χ4n) is 10.3. The number of hydrogen-bond donors (Lipinski definition) is 0. The number of furan rings is 2. The van der Waals surface area contributed by atoms with E-state index in [1.807, 2.05) is 24.3 Å². The molecule has 4 heterocycles. The van der Waals surface area contributed by atoms with Crippen molar-refractivity contribution in [2.24, 2.45) is 0 Å². The molecule has 0 aliphatic carbocycles. The highest BCUT2D eigenvalue weighted by Crippen LogP contribution is 2.43. The van der Waals surface area contributed by atoms with Gasteiger partial charge < -0.3 is 13.4 Å². The average molecular weight is 883 g/mol. The molecule has 4 aromatic heterocycles. The summed E-state index contributed by atoms with van der Waals surface area (Å²) in [7, 11) is 0. The van der Waals surface area contributed by atoms with E-state index in [0.29, 0.717) is 17.5 Å². The van der Waals surface area contributed by atoms with Gasteiger partial charge in [-0.25, -0.2) is 15.0 Å². The number of para-hydroxylation sites is 2. The number of benzene rings is 10. The maximum absolute atomic E-state index is 6.70. The van der Waals surface area contributed by atoms with Gasteiger partial charge in [-0.05, 0) is 94.0 Å². The van der Waals surface area contributed by atoms with Crippen LogP contribution in [0.3, 0.4) is 0 Å². The topological polar surface area (TPSA) is 69.9 Å². The lowest BCUT2D eigenvalue weighted by atomic mass is 9.97. The molecule has 0 radical (unpaired) electrons. The SMILES string of the molecule is c1ccc(-c2cccc(-c3nc(-c4cccc(-c5ccccc5)c4)nc(-c4cccc5oc6ccc(-c7cccc8oc9cc(-n%10c%11ccccc%11c%11ccccc%11%10)ccc9c78)cc6c45)n3)c2)cc1. The van der Waals surface area contributed by atoms with E-state index in [-0.39, 0.29) is 0 Å². The van der Waals surface area contributed by atoms with Crippen LogP contribution < -0.4 is 0 Å².